The Hall–Kier alpha value is -4.30. The second kappa shape index (κ2) is 6.60. The summed E-state index contributed by atoms with van der Waals surface area (Å²) in [6.45, 7) is 0. The minimum absolute atomic E-state index is 0.864. The molecule has 2 heteroatoms. The molecule has 5 aromatic carbocycles. The van der Waals surface area contributed by atoms with E-state index in [4.69, 9.17) is 8.83 Å². The molecule has 2 aromatic heterocycles. The number of hydrogen-bond acceptors (Lipinski definition) is 0. The molecule has 7 aromatic rings. The molecule has 2 nitrogen and oxygen atoms in total. The molecule has 0 saturated carbocycles. The predicted octanol–water partition coefficient (Wildman–Crippen LogP) is 8.82. The summed E-state index contributed by atoms with van der Waals surface area (Å²) in [5.74, 6) is 1.73. The van der Waals surface area contributed by atoms with Gasteiger partial charge in [-0.3, -0.25) is 0 Å². The van der Waals surface area contributed by atoms with Gasteiger partial charge in [-0.15, -0.1) is 0 Å². The highest BCUT2D eigenvalue weighted by Gasteiger charge is 2.30. The fraction of sp³-hybridized carbons (Fsp3) is 0. The average Bonchev–Trinajstić information content (AvgIpc) is 2.88. The van der Waals surface area contributed by atoms with Crippen molar-refractivity contribution in [2.75, 3.05) is 0 Å². The smallest absolute Gasteiger partial charge is 0.206 e. The van der Waals surface area contributed by atoms with Crippen molar-refractivity contribution in [3.05, 3.63) is 109 Å². The Bertz CT molecular complexity index is 1620. The monoisotopic (exact) mass is 410 g/mol. The summed E-state index contributed by atoms with van der Waals surface area (Å²) in [5, 5.41) is 6.64. The maximum Gasteiger partial charge on any atom is 0.370 e. The Morgan fingerprint density at radius 3 is 1.25 bits per heavy atom. The molecule has 0 unspecified atom stereocenters. The van der Waals surface area contributed by atoms with E-state index in [-0.39, 0.29) is 0 Å². The lowest BCUT2D eigenvalue weighted by Crippen LogP contribution is -1.90. The van der Waals surface area contributed by atoms with Crippen LogP contribution in [0, 0.1) is 0 Å². The van der Waals surface area contributed by atoms with Crippen molar-refractivity contribution < 1.29 is 8.83 Å². The van der Waals surface area contributed by atoms with Gasteiger partial charge in [0, 0.05) is 10.8 Å². The second-order valence-electron chi connectivity index (χ2n) is 8.15. The molecule has 148 valence electrons. The first-order valence-electron chi connectivity index (χ1n) is 10.8. The molecule has 0 aliphatic heterocycles. The Kier molecular flexibility index (Phi) is 3.58. The van der Waals surface area contributed by atoms with Crippen molar-refractivity contribution in [2.24, 2.45) is 0 Å². The van der Waals surface area contributed by atoms with E-state index < -0.39 is 0 Å². The topological polar surface area (TPSA) is 22.6 Å². The summed E-state index contributed by atoms with van der Waals surface area (Å²) >= 11 is 0. The van der Waals surface area contributed by atoms with Gasteiger partial charge in [-0.2, -0.15) is 0 Å². The zero-order valence-electron chi connectivity index (χ0n) is 17.2. The highest BCUT2D eigenvalue weighted by Crippen LogP contribution is 2.44. The third kappa shape index (κ3) is 2.47. The summed E-state index contributed by atoms with van der Waals surface area (Å²) in [6.07, 6.45) is 0. The first-order valence-corrected chi connectivity index (χ1v) is 10.8. The molecule has 0 spiro atoms. The zero-order chi connectivity index (χ0) is 21.1. The van der Waals surface area contributed by atoms with E-state index in [9.17, 15) is 0 Å². The van der Waals surface area contributed by atoms with Gasteiger partial charge >= 0.3 is 22.7 Å². The van der Waals surface area contributed by atoms with Gasteiger partial charge < -0.3 is 0 Å². The number of rotatable bonds is 2. The van der Waals surface area contributed by atoms with Crippen LogP contribution in [0.5, 0.6) is 0 Å². The van der Waals surface area contributed by atoms with E-state index in [1.165, 1.54) is 0 Å². The Morgan fingerprint density at radius 1 is 0.406 bits per heavy atom. The van der Waals surface area contributed by atoms with E-state index in [1.807, 2.05) is 36.4 Å². The quantitative estimate of drug-likeness (QED) is 0.161. The molecule has 2 heterocycles. The average molecular weight is 410 g/mol. The van der Waals surface area contributed by atoms with Gasteiger partial charge in [0.2, 0.25) is 0 Å². The van der Waals surface area contributed by atoms with Crippen molar-refractivity contribution >= 4 is 43.5 Å². The molecule has 0 bridgehead atoms. The molecule has 0 aliphatic carbocycles. The highest BCUT2D eigenvalue weighted by atomic mass is 16.3. The van der Waals surface area contributed by atoms with Crippen LogP contribution in [0.4, 0.5) is 0 Å². The lowest BCUT2D eigenvalue weighted by molar-refractivity contribution is 0.619. The Morgan fingerprint density at radius 2 is 0.812 bits per heavy atom. The molecule has 7 rings (SSSR count). The zero-order valence-corrected chi connectivity index (χ0v) is 17.2. The van der Waals surface area contributed by atoms with Crippen LogP contribution in [-0.4, -0.2) is 0 Å². The molecule has 32 heavy (non-hydrogen) atoms. The van der Waals surface area contributed by atoms with Crippen LogP contribution < -0.4 is 0 Å². The van der Waals surface area contributed by atoms with Crippen LogP contribution >= 0.6 is 0 Å². The summed E-state index contributed by atoms with van der Waals surface area (Å²) in [6, 6.07) is 37.5. The van der Waals surface area contributed by atoms with Gasteiger partial charge in [-0.25, -0.2) is 8.83 Å². The lowest BCUT2D eigenvalue weighted by Gasteiger charge is -2.05. The number of benzene rings is 5. The third-order valence-electron chi connectivity index (χ3n) is 6.25. The normalized spacial score (nSPS) is 11.8. The van der Waals surface area contributed by atoms with Crippen LogP contribution in [-0.2, 0) is 0 Å². The Labute approximate surface area is 184 Å². The van der Waals surface area contributed by atoms with Crippen LogP contribution in [0.25, 0.3) is 66.1 Å². The van der Waals surface area contributed by atoms with E-state index in [1.54, 1.807) is 0 Å². The lowest BCUT2D eigenvalue weighted by atomic mass is 9.94. The van der Waals surface area contributed by atoms with Crippen molar-refractivity contribution in [3.8, 4) is 22.6 Å². The van der Waals surface area contributed by atoms with Gasteiger partial charge in [-0.1, -0.05) is 60.7 Å². The van der Waals surface area contributed by atoms with Crippen molar-refractivity contribution in [1.82, 2.24) is 0 Å². The van der Waals surface area contributed by atoms with E-state index in [0.717, 1.165) is 66.1 Å². The summed E-state index contributed by atoms with van der Waals surface area (Å²) in [5.41, 5.74) is 3.94. The largest absolute Gasteiger partial charge is 0.370 e. The maximum atomic E-state index is 6.58. The van der Waals surface area contributed by atoms with Gasteiger partial charge in [-0.05, 0) is 36.4 Å². The molecule has 0 N–H and O–H groups in total. The number of fused-ring (bicyclic) bond motifs is 3. The standard InChI is InChI=1S/C30H18O2/c1-3-9-19(10-4-1)25-17-21-15-16-22-18-26(20-11-5-2-6-12-20)32-30-24-14-8-7-13-23(24)29(31-25)27(21)28(22)30/h1-18H/q+2. The van der Waals surface area contributed by atoms with Gasteiger partial charge in [0.1, 0.15) is 10.8 Å². The van der Waals surface area contributed by atoms with E-state index in [2.05, 4.69) is 72.8 Å². The molecule has 0 amide bonds. The predicted molar refractivity (Wildman–Crippen MR) is 132 cm³/mol. The number of hydrogen-bond donors (Lipinski definition) is 0. The minimum Gasteiger partial charge on any atom is -0.206 e. The van der Waals surface area contributed by atoms with Gasteiger partial charge in [0.05, 0.1) is 34.0 Å². The molecule has 0 atom stereocenters. The molecule has 0 aliphatic rings. The third-order valence-corrected chi connectivity index (χ3v) is 6.25. The van der Waals surface area contributed by atoms with Crippen molar-refractivity contribution in [3.63, 3.8) is 0 Å². The van der Waals surface area contributed by atoms with E-state index >= 15 is 0 Å². The maximum absolute atomic E-state index is 6.58. The summed E-state index contributed by atoms with van der Waals surface area (Å²) in [7, 11) is 0. The fourth-order valence-corrected chi connectivity index (χ4v) is 4.78. The van der Waals surface area contributed by atoms with Crippen LogP contribution in [0.1, 0.15) is 0 Å². The van der Waals surface area contributed by atoms with Gasteiger partial charge in [0.25, 0.3) is 0 Å². The van der Waals surface area contributed by atoms with Crippen LogP contribution in [0.2, 0.25) is 0 Å². The van der Waals surface area contributed by atoms with Crippen LogP contribution in [0.15, 0.2) is 118 Å². The fourth-order valence-electron chi connectivity index (χ4n) is 4.78. The SMILES string of the molecule is c1ccc(-c2cc3ccc4cc(-c5ccccc5)[o+]c5c6ccccc6c([o+]2)c3c45)cc1. The van der Waals surface area contributed by atoms with Crippen molar-refractivity contribution in [1.29, 1.82) is 0 Å². The van der Waals surface area contributed by atoms with E-state index in [0.29, 0.717) is 0 Å². The molecule has 0 fully saturated rings. The summed E-state index contributed by atoms with van der Waals surface area (Å²) in [4.78, 5) is 0. The molecular formula is C30H18O2+2. The highest BCUT2D eigenvalue weighted by molar-refractivity contribution is 6.31. The van der Waals surface area contributed by atoms with Crippen molar-refractivity contribution in [2.45, 2.75) is 0 Å². The minimum atomic E-state index is 0.864. The summed E-state index contributed by atoms with van der Waals surface area (Å²) < 4.78 is 13.2. The second-order valence-corrected chi connectivity index (χ2v) is 8.15. The molecule has 0 saturated heterocycles. The molecular weight excluding hydrogens is 392 g/mol. The first-order chi connectivity index (χ1) is 15.9. The van der Waals surface area contributed by atoms with Gasteiger partial charge in [0.15, 0.2) is 0 Å². The Balaban J connectivity index is 1.67. The van der Waals surface area contributed by atoms with Crippen LogP contribution in [0.3, 0.4) is 0 Å². The molecule has 0 radical (unpaired) electrons. The first kappa shape index (κ1) is 17.4.